The number of ketones is 1. The number of hydrogen-bond acceptors (Lipinski definition) is 6. The topological polar surface area (TPSA) is 103 Å². The molecule has 0 aliphatic carbocycles. The van der Waals surface area contributed by atoms with Crippen LogP contribution in [-0.2, 0) is 11.4 Å². The van der Waals surface area contributed by atoms with Gasteiger partial charge < -0.3 is 20.1 Å². The van der Waals surface area contributed by atoms with Crippen molar-refractivity contribution >= 4 is 28.8 Å². The summed E-state index contributed by atoms with van der Waals surface area (Å²) in [6, 6.07) is 10.0. The molecule has 0 spiro atoms. The summed E-state index contributed by atoms with van der Waals surface area (Å²) in [4.78, 5) is 23.6. The second-order valence-corrected chi connectivity index (χ2v) is 7.64. The number of allylic oxidation sites excluding steroid dienone is 1. The van der Waals surface area contributed by atoms with Crippen LogP contribution in [0.1, 0.15) is 36.6 Å². The molecular formula is C22H23N3O5S. The molecule has 2 aromatic rings. The quantitative estimate of drug-likeness (QED) is 0.379. The molecule has 0 aromatic heterocycles. The zero-order valence-electron chi connectivity index (χ0n) is 17.6. The second-order valence-electron chi connectivity index (χ2n) is 7.23. The van der Waals surface area contributed by atoms with Crippen LogP contribution in [0.4, 0.5) is 5.69 Å². The smallest absolute Gasteiger partial charge is 0.315 e. The maximum atomic E-state index is 12.3. The molecule has 2 aromatic carbocycles. The summed E-state index contributed by atoms with van der Waals surface area (Å²) >= 11 is 5.22. The molecule has 31 heavy (non-hydrogen) atoms. The molecule has 8 nitrogen and oxygen atoms in total. The van der Waals surface area contributed by atoms with Crippen molar-refractivity contribution in [1.82, 2.24) is 10.6 Å². The van der Waals surface area contributed by atoms with Crippen LogP contribution in [0.25, 0.3) is 0 Å². The number of carbonyl (C=O) groups is 1. The van der Waals surface area contributed by atoms with Gasteiger partial charge in [0.25, 0.3) is 0 Å². The van der Waals surface area contributed by atoms with Crippen molar-refractivity contribution in [3.8, 4) is 11.5 Å². The van der Waals surface area contributed by atoms with E-state index < -0.39 is 11.0 Å². The minimum absolute atomic E-state index is 0.0263. The summed E-state index contributed by atoms with van der Waals surface area (Å²) in [7, 11) is 1.41. The molecule has 1 heterocycles. The third-order valence-corrected chi connectivity index (χ3v) is 5.18. The highest BCUT2D eigenvalue weighted by atomic mass is 32.1. The Labute approximate surface area is 185 Å². The average molecular weight is 442 g/mol. The van der Waals surface area contributed by atoms with Gasteiger partial charge in [-0.3, -0.25) is 14.9 Å². The van der Waals surface area contributed by atoms with E-state index in [2.05, 4.69) is 10.6 Å². The Hall–Kier alpha value is -3.46. The van der Waals surface area contributed by atoms with Gasteiger partial charge >= 0.3 is 5.69 Å². The van der Waals surface area contributed by atoms with Gasteiger partial charge in [-0.05, 0) is 50.2 Å². The number of Topliss-reactive ketones (excluding diaryl/α,β-unsaturated/α-hetero) is 1. The van der Waals surface area contributed by atoms with E-state index in [0.29, 0.717) is 21.9 Å². The number of nitrogens with one attached hydrogen (secondary N) is 2. The van der Waals surface area contributed by atoms with E-state index in [1.807, 2.05) is 31.2 Å². The number of methoxy groups -OCH3 is 1. The fourth-order valence-corrected chi connectivity index (χ4v) is 3.73. The molecule has 0 saturated heterocycles. The summed E-state index contributed by atoms with van der Waals surface area (Å²) in [5.74, 6) is 0.0489. The monoisotopic (exact) mass is 441 g/mol. The Morgan fingerprint density at radius 2 is 1.90 bits per heavy atom. The third-order valence-electron chi connectivity index (χ3n) is 4.96. The van der Waals surface area contributed by atoms with Crippen LogP contribution in [0.5, 0.6) is 11.5 Å². The van der Waals surface area contributed by atoms with Crippen molar-refractivity contribution in [3.05, 3.63) is 74.5 Å². The lowest BCUT2D eigenvalue weighted by molar-refractivity contribution is -0.386. The summed E-state index contributed by atoms with van der Waals surface area (Å²) in [6.07, 6.45) is 0. The second kappa shape index (κ2) is 9.13. The lowest BCUT2D eigenvalue weighted by Gasteiger charge is -2.30. The number of rotatable bonds is 7. The summed E-state index contributed by atoms with van der Waals surface area (Å²) < 4.78 is 11.2. The largest absolute Gasteiger partial charge is 0.493 e. The van der Waals surface area contributed by atoms with E-state index in [9.17, 15) is 14.9 Å². The zero-order valence-corrected chi connectivity index (χ0v) is 18.5. The van der Waals surface area contributed by atoms with Crippen molar-refractivity contribution < 1.29 is 19.2 Å². The molecule has 162 valence electrons. The number of nitrogens with zero attached hydrogens (tertiary/aromatic N) is 1. The van der Waals surface area contributed by atoms with E-state index >= 15 is 0 Å². The highest BCUT2D eigenvalue weighted by Gasteiger charge is 2.31. The minimum atomic E-state index is -0.648. The first kappa shape index (κ1) is 22.2. The zero-order chi connectivity index (χ0) is 22.7. The van der Waals surface area contributed by atoms with Crippen molar-refractivity contribution in [3.63, 3.8) is 0 Å². The molecule has 0 fully saturated rings. The first-order valence-electron chi connectivity index (χ1n) is 9.55. The number of carbonyl (C=O) groups excluding carboxylic acids is 1. The highest BCUT2D eigenvalue weighted by molar-refractivity contribution is 7.80. The molecule has 3 rings (SSSR count). The Bertz CT molecular complexity index is 1080. The molecular weight excluding hydrogens is 418 g/mol. The van der Waals surface area contributed by atoms with Crippen LogP contribution >= 0.6 is 12.2 Å². The molecule has 1 unspecified atom stereocenters. The molecule has 0 bridgehead atoms. The first-order chi connectivity index (χ1) is 14.7. The van der Waals surface area contributed by atoms with Crippen LogP contribution in [0, 0.1) is 17.0 Å². The summed E-state index contributed by atoms with van der Waals surface area (Å²) in [5.41, 5.74) is 3.23. The number of nitro benzene ring substituents is 1. The Morgan fingerprint density at radius 1 is 1.23 bits per heavy atom. The molecule has 0 saturated carbocycles. The van der Waals surface area contributed by atoms with E-state index in [-0.39, 0.29) is 29.6 Å². The van der Waals surface area contributed by atoms with Crippen LogP contribution in [-0.4, -0.2) is 22.9 Å². The minimum Gasteiger partial charge on any atom is -0.493 e. The van der Waals surface area contributed by atoms with E-state index in [4.69, 9.17) is 21.7 Å². The predicted octanol–water partition coefficient (Wildman–Crippen LogP) is 3.87. The van der Waals surface area contributed by atoms with Gasteiger partial charge in [0, 0.05) is 17.3 Å². The molecule has 1 aliphatic heterocycles. The standard InChI is InChI=1S/C22H23N3O5S/c1-12-5-7-15(8-6-12)11-30-21-17(25(27)28)9-16(10-18(21)29-4)20-19(14(3)26)13(2)23-22(31)24-20/h5-10,20H,11H2,1-4H3,(H2,23,24,31). The maximum Gasteiger partial charge on any atom is 0.315 e. The Balaban J connectivity index is 2.04. The van der Waals surface area contributed by atoms with Gasteiger partial charge in [-0.25, -0.2) is 0 Å². The van der Waals surface area contributed by atoms with E-state index in [1.54, 1.807) is 13.0 Å². The van der Waals surface area contributed by atoms with Crippen molar-refractivity contribution in [2.75, 3.05) is 7.11 Å². The Kier molecular flexibility index (Phi) is 6.55. The van der Waals surface area contributed by atoms with Crippen LogP contribution in [0.3, 0.4) is 0 Å². The normalized spacial score (nSPS) is 15.7. The first-order valence-corrected chi connectivity index (χ1v) is 9.96. The maximum absolute atomic E-state index is 12.3. The van der Waals surface area contributed by atoms with E-state index in [1.165, 1.54) is 20.1 Å². The lowest BCUT2D eigenvalue weighted by atomic mass is 9.92. The van der Waals surface area contributed by atoms with Gasteiger partial charge in [0.1, 0.15) is 6.61 Å². The fraction of sp³-hybridized carbons (Fsp3) is 0.273. The average Bonchev–Trinajstić information content (AvgIpc) is 2.71. The van der Waals surface area contributed by atoms with Crippen LogP contribution < -0.4 is 20.1 Å². The number of aryl methyl sites for hydroxylation is 1. The van der Waals surface area contributed by atoms with Crippen LogP contribution in [0.2, 0.25) is 0 Å². The predicted molar refractivity (Wildman–Crippen MR) is 120 cm³/mol. The molecule has 2 N–H and O–H groups in total. The van der Waals surface area contributed by atoms with Gasteiger partial charge in [0.15, 0.2) is 16.6 Å². The fourth-order valence-electron chi connectivity index (χ4n) is 3.46. The molecule has 1 atom stereocenters. The van der Waals surface area contributed by atoms with Crippen molar-refractivity contribution in [2.24, 2.45) is 0 Å². The summed E-state index contributed by atoms with van der Waals surface area (Å²) in [5, 5.41) is 18.1. The highest BCUT2D eigenvalue weighted by Crippen LogP contribution is 2.42. The number of nitro groups is 1. The number of hydrogen-bond donors (Lipinski definition) is 2. The van der Waals surface area contributed by atoms with Crippen LogP contribution in [0.15, 0.2) is 47.7 Å². The van der Waals surface area contributed by atoms with E-state index in [0.717, 1.165) is 11.1 Å². The van der Waals surface area contributed by atoms with Gasteiger partial charge in [0.05, 0.1) is 18.1 Å². The van der Waals surface area contributed by atoms with Crippen molar-refractivity contribution in [1.29, 1.82) is 0 Å². The third kappa shape index (κ3) is 4.83. The van der Waals surface area contributed by atoms with Gasteiger partial charge in [-0.2, -0.15) is 0 Å². The lowest BCUT2D eigenvalue weighted by Crippen LogP contribution is -2.44. The molecule has 1 aliphatic rings. The summed E-state index contributed by atoms with van der Waals surface area (Å²) in [6.45, 7) is 5.29. The van der Waals surface area contributed by atoms with Gasteiger partial charge in [-0.15, -0.1) is 0 Å². The van der Waals surface area contributed by atoms with Gasteiger partial charge in [0.2, 0.25) is 5.75 Å². The van der Waals surface area contributed by atoms with Gasteiger partial charge in [-0.1, -0.05) is 29.8 Å². The number of ether oxygens (including phenoxy) is 2. The molecule has 9 heteroatoms. The number of thiocarbonyl (C=S) groups is 1. The molecule has 0 radical (unpaired) electrons. The Morgan fingerprint density at radius 3 is 2.48 bits per heavy atom. The number of benzene rings is 2. The molecule has 0 amide bonds. The SMILES string of the molecule is COc1cc(C2NC(=S)NC(C)=C2C(C)=O)cc([N+](=O)[O-])c1OCc1ccc(C)cc1. The van der Waals surface area contributed by atoms with Crippen molar-refractivity contribution in [2.45, 2.75) is 33.4 Å².